The van der Waals surface area contributed by atoms with Gasteiger partial charge in [-0.25, -0.2) is 0 Å². The van der Waals surface area contributed by atoms with Crippen LogP contribution < -0.4 is 15.8 Å². The van der Waals surface area contributed by atoms with Crippen molar-refractivity contribution in [3.05, 3.63) is 24.0 Å². The number of tetrazole rings is 1. The standard InChI is InChI=1S/C16H22N6O2S.ClH/c1-24-14-6-5-11(18-16(23)12(17)7-8-25-2)9-13(14)22-15(10-3-4-10)19-20-21-22;/h5-6,9-10,12H,3-4,7-8,17H2,1-2H3,(H,18,23);1H/t12-;/m0./s1. The summed E-state index contributed by atoms with van der Waals surface area (Å²) in [6.07, 6.45) is 4.80. The van der Waals surface area contributed by atoms with Crippen LogP contribution in [0.25, 0.3) is 5.69 Å². The number of hydrogen-bond donors (Lipinski definition) is 2. The lowest BCUT2D eigenvalue weighted by atomic mass is 10.2. The summed E-state index contributed by atoms with van der Waals surface area (Å²) in [5.41, 5.74) is 7.26. The van der Waals surface area contributed by atoms with Gasteiger partial charge in [0.1, 0.15) is 11.4 Å². The molecule has 1 saturated carbocycles. The zero-order valence-corrected chi connectivity index (χ0v) is 16.3. The number of nitrogens with two attached hydrogens (primary N) is 1. The molecule has 142 valence electrons. The summed E-state index contributed by atoms with van der Waals surface area (Å²) >= 11 is 1.67. The molecule has 0 aliphatic heterocycles. The van der Waals surface area contributed by atoms with E-state index in [9.17, 15) is 4.79 Å². The number of benzene rings is 1. The van der Waals surface area contributed by atoms with Crippen LogP contribution in [0.3, 0.4) is 0 Å². The molecule has 0 saturated heterocycles. The van der Waals surface area contributed by atoms with Gasteiger partial charge in [-0.15, -0.1) is 17.5 Å². The molecule has 1 aliphatic rings. The van der Waals surface area contributed by atoms with E-state index in [0.717, 1.165) is 24.4 Å². The topological polar surface area (TPSA) is 108 Å². The fourth-order valence-electron chi connectivity index (χ4n) is 2.51. The number of thioether (sulfide) groups is 1. The Morgan fingerprint density at radius 3 is 2.92 bits per heavy atom. The first-order chi connectivity index (χ1) is 12.1. The molecule has 26 heavy (non-hydrogen) atoms. The summed E-state index contributed by atoms with van der Waals surface area (Å²) in [7, 11) is 1.59. The van der Waals surface area contributed by atoms with Crippen molar-refractivity contribution in [2.24, 2.45) is 5.73 Å². The first-order valence-electron chi connectivity index (χ1n) is 8.16. The number of carbonyl (C=O) groups is 1. The van der Waals surface area contributed by atoms with Crippen molar-refractivity contribution >= 4 is 35.8 Å². The Kier molecular flexibility index (Phi) is 7.24. The van der Waals surface area contributed by atoms with Crippen LogP contribution in [-0.2, 0) is 4.79 Å². The Hall–Kier alpha value is -1.84. The van der Waals surface area contributed by atoms with Gasteiger partial charge in [-0.3, -0.25) is 4.79 Å². The zero-order valence-electron chi connectivity index (χ0n) is 14.7. The second-order valence-electron chi connectivity index (χ2n) is 5.99. The molecule has 0 spiro atoms. The first kappa shape index (κ1) is 20.5. The molecule has 8 nitrogen and oxygen atoms in total. The molecule has 0 unspecified atom stereocenters. The van der Waals surface area contributed by atoms with Gasteiger partial charge in [0.2, 0.25) is 5.91 Å². The van der Waals surface area contributed by atoms with Gasteiger partial charge in [-0.2, -0.15) is 16.4 Å². The maximum Gasteiger partial charge on any atom is 0.241 e. The summed E-state index contributed by atoms with van der Waals surface area (Å²) in [5.74, 6) is 2.48. The van der Waals surface area contributed by atoms with E-state index in [1.165, 1.54) is 0 Å². The molecule has 3 N–H and O–H groups in total. The van der Waals surface area contributed by atoms with Crippen molar-refractivity contribution in [3.8, 4) is 11.4 Å². The number of nitrogens with one attached hydrogen (secondary N) is 1. The Balaban J connectivity index is 0.00000243. The average Bonchev–Trinajstić information content (AvgIpc) is 3.36. The van der Waals surface area contributed by atoms with Gasteiger partial charge in [-0.05, 0) is 59.9 Å². The maximum atomic E-state index is 12.2. The predicted octanol–water partition coefficient (Wildman–Crippen LogP) is 1.99. The third-order valence-corrected chi connectivity index (χ3v) is 4.72. The van der Waals surface area contributed by atoms with E-state index in [0.29, 0.717) is 29.5 Å². The number of amides is 1. The Morgan fingerprint density at radius 2 is 2.27 bits per heavy atom. The second-order valence-corrected chi connectivity index (χ2v) is 6.97. The van der Waals surface area contributed by atoms with Gasteiger partial charge in [0.05, 0.1) is 13.2 Å². The number of ether oxygens (including phenoxy) is 1. The minimum absolute atomic E-state index is 0. The normalized spacial score (nSPS) is 14.4. The van der Waals surface area contributed by atoms with Gasteiger partial charge < -0.3 is 15.8 Å². The Labute approximate surface area is 162 Å². The molecule has 2 aromatic rings. The van der Waals surface area contributed by atoms with Crippen LogP contribution in [0.1, 0.15) is 31.0 Å². The minimum atomic E-state index is -0.534. The number of anilines is 1. The fourth-order valence-corrected chi connectivity index (χ4v) is 3.00. The summed E-state index contributed by atoms with van der Waals surface area (Å²) in [5, 5.41) is 14.9. The molecule has 1 aromatic heterocycles. The molecule has 1 amide bonds. The molecule has 1 atom stereocenters. The van der Waals surface area contributed by atoms with Crippen molar-refractivity contribution in [1.29, 1.82) is 0 Å². The smallest absolute Gasteiger partial charge is 0.241 e. The maximum absolute atomic E-state index is 12.2. The van der Waals surface area contributed by atoms with E-state index >= 15 is 0 Å². The van der Waals surface area contributed by atoms with Gasteiger partial charge in [0, 0.05) is 11.6 Å². The van der Waals surface area contributed by atoms with Gasteiger partial charge >= 0.3 is 0 Å². The van der Waals surface area contributed by atoms with E-state index in [2.05, 4.69) is 20.8 Å². The van der Waals surface area contributed by atoms with Crippen molar-refractivity contribution < 1.29 is 9.53 Å². The predicted molar refractivity (Wildman–Crippen MR) is 105 cm³/mol. The van der Waals surface area contributed by atoms with Crippen LogP contribution in [0.15, 0.2) is 18.2 Å². The number of hydrogen-bond acceptors (Lipinski definition) is 7. The molecule has 0 bridgehead atoms. The summed E-state index contributed by atoms with van der Waals surface area (Å²) in [6, 6.07) is 4.84. The van der Waals surface area contributed by atoms with E-state index in [1.54, 1.807) is 41.8 Å². The summed E-state index contributed by atoms with van der Waals surface area (Å²) < 4.78 is 7.11. The molecule has 1 aliphatic carbocycles. The minimum Gasteiger partial charge on any atom is -0.494 e. The summed E-state index contributed by atoms with van der Waals surface area (Å²) in [6.45, 7) is 0. The molecular formula is C16H23ClN6O2S. The van der Waals surface area contributed by atoms with Crippen LogP contribution in [0, 0.1) is 0 Å². The molecular weight excluding hydrogens is 376 g/mol. The Morgan fingerprint density at radius 1 is 1.50 bits per heavy atom. The third-order valence-electron chi connectivity index (χ3n) is 4.08. The fraction of sp³-hybridized carbons (Fsp3) is 0.500. The average molecular weight is 399 g/mol. The molecule has 1 aromatic carbocycles. The molecule has 1 fully saturated rings. The second kappa shape index (κ2) is 9.20. The highest BCUT2D eigenvalue weighted by atomic mass is 35.5. The van der Waals surface area contributed by atoms with E-state index in [4.69, 9.17) is 10.5 Å². The third kappa shape index (κ3) is 4.66. The molecule has 0 radical (unpaired) electrons. The lowest BCUT2D eigenvalue weighted by Crippen LogP contribution is -2.36. The molecule has 10 heteroatoms. The number of aromatic nitrogens is 4. The number of halogens is 1. The number of carbonyl (C=O) groups excluding carboxylic acids is 1. The first-order valence-corrected chi connectivity index (χ1v) is 9.55. The monoisotopic (exact) mass is 398 g/mol. The zero-order chi connectivity index (χ0) is 17.8. The lowest BCUT2D eigenvalue weighted by molar-refractivity contribution is -0.117. The van der Waals surface area contributed by atoms with Crippen LogP contribution in [0.4, 0.5) is 5.69 Å². The van der Waals surface area contributed by atoms with Crippen molar-refractivity contribution in [1.82, 2.24) is 20.2 Å². The number of methoxy groups -OCH3 is 1. The van der Waals surface area contributed by atoms with Crippen LogP contribution in [-0.4, -0.2) is 51.3 Å². The number of rotatable bonds is 8. The van der Waals surface area contributed by atoms with E-state index in [1.807, 2.05) is 6.26 Å². The highest BCUT2D eigenvalue weighted by molar-refractivity contribution is 7.98. The lowest BCUT2D eigenvalue weighted by Gasteiger charge is -2.14. The van der Waals surface area contributed by atoms with Crippen molar-refractivity contribution in [3.63, 3.8) is 0 Å². The van der Waals surface area contributed by atoms with E-state index in [-0.39, 0.29) is 18.3 Å². The van der Waals surface area contributed by atoms with Crippen LogP contribution >= 0.6 is 24.2 Å². The molecule has 3 rings (SSSR count). The number of nitrogens with zero attached hydrogens (tertiary/aromatic N) is 4. The van der Waals surface area contributed by atoms with Crippen molar-refractivity contribution in [2.75, 3.05) is 24.4 Å². The van der Waals surface area contributed by atoms with Crippen LogP contribution in [0.5, 0.6) is 5.75 Å². The highest BCUT2D eigenvalue weighted by Gasteiger charge is 2.30. The van der Waals surface area contributed by atoms with E-state index < -0.39 is 6.04 Å². The largest absolute Gasteiger partial charge is 0.494 e. The molecule has 1 heterocycles. The SMILES string of the molecule is COc1ccc(NC(=O)[C@@H](N)CCSC)cc1-n1nnnc1C1CC1.Cl. The highest BCUT2D eigenvalue weighted by Crippen LogP contribution is 2.40. The van der Waals surface area contributed by atoms with Crippen molar-refractivity contribution in [2.45, 2.75) is 31.2 Å². The quantitative estimate of drug-likeness (QED) is 0.699. The van der Waals surface area contributed by atoms with Crippen LogP contribution in [0.2, 0.25) is 0 Å². The Bertz CT molecular complexity index is 752. The van der Waals surface area contributed by atoms with Gasteiger partial charge in [-0.1, -0.05) is 0 Å². The summed E-state index contributed by atoms with van der Waals surface area (Å²) in [4.78, 5) is 12.2. The van der Waals surface area contributed by atoms with Gasteiger partial charge in [0.15, 0.2) is 5.82 Å². The van der Waals surface area contributed by atoms with Gasteiger partial charge in [0.25, 0.3) is 0 Å².